The molecule has 2 aromatic rings. The zero-order valence-corrected chi connectivity index (χ0v) is 8.97. The summed E-state index contributed by atoms with van der Waals surface area (Å²) in [5.41, 5.74) is 2.99. The highest BCUT2D eigenvalue weighted by atomic mass is 16.3. The summed E-state index contributed by atoms with van der Waals surface area (Å²) in [5, 5.41) is 10.9. The lowest BCUT2D eigenvalue weighted by molar-refractivity contribution is 0.177. The van der Waals surface area contributed by atoms with E-state index in [9.17, 15) is 5.11 Å². The summed E-state index contributed by atoms with van der Waals surface area (Å²) >= 11 is 0. The number of hydrogen-bond acceptors (Lipinski definition) is 0. The van der Waals surface area contributed by atoms with Crippen LogP contribution in [0.3, 0.4) is 0 Å². The van der Waals surface area contributed by atoms with E-state index in [1.165, 1.54) is 0 Å². The highest BCUT2D eigenvalue weighted by Gasteiger charge is 1.96. The van der Waals surface area contributed by atoms with Crippen molar-refractivity contribution in [2.24, 2.45) is 0 Å². The van der Waals surface area contributed by atoms with Gasteiger partial charge in [-0.1, -0.05) is 66.7 Å². The van der Waals surface area contributed by atoms with E-state index in [0.717, 1.165) is 16.7 Å². The molecule has 1 heteroatoms. The minimum Gasteiger partial charge on any atom is -0.232 e. The first kappa shape index (κ1) is 10.7. The van der Waals surface area contributed by atoms with Crippen LogP contribution in [0.25, 0.3) is 12.2 Å². The van der Waals surface area contributed by atoms with E-state index in [0.29, 0.717) is 0 Å². The first-order chi connectivity index (χ1) is 7.90. The average molecular weight is 209 g/mol. The molecule has 79 valence electrons. The van der Waals surface area contributed by atoms with Crippen molar-refractivity contribution in [3.8, 4) is 0 Å². The molecule has 0 fully saturated rings. The minimum atomic E-state index is -0.171. The second-order valence-corrected chi connectivity index (χ2v) is 3.59. The molecule has 0 aliphatic heterocycles. The van der Waals surface area contributed by atoms with Crippen molar-refractivity contribution in [2.75, 3.05) is 0 Å². The summed E-state index contributed by atoms with van der Waals surface area (Å²) in [6, 6.07) is 17.7. The lowest BCUT2D eigenvalue weighted by Crippen LogP contribution is -1.85. The van der Waals surface area contributed by atoms with Gasteiger partial charge in [0, 0.05) is 0 Å². The molecular formula is C15H13O. The van der Waals surface area contributed by atoms with Crippen molar-refractivity contribution in [3.05, 3.63) is 71.3 Å². The first-order valence-corrected chi connectivity index (χ1v) is 5.29. The quantitative estimate of drug-likeness (QED) is 0.685. The van der Waals surface area contributed by atoms with Gasteiger partial charge in [0.05, 0.1) is 0 Å². The van der Waals surface area contributed by atoms with E-state index in [1.807, 2.05) is 66.7 Å². The fourth-order valence-electron chi connectivity index (χ4n) is 1.58. The molecule has 2 rings (SSSR count). The molecule has 0 unspecified atom stereocenters. The Kier molecular flexibility index (Phi) is 3.52. The van der Waals surface area contributed by atoms with Crippen LogP contribution >= 0.6 is 0 Å². The largest absolute Gasteiger partial charge is 0.232 e. The van der Waals surface area contributed by atoms with E-state index in [2.05, 4.69) is 0 Å². The topological polar surface area (TPSA) is 19.9 Å². The van der Waals surface area contributed by atoms with E-state index in [4.69, 9.17) is 0 Å². The molecule has 0 amide bonds. The highest BCUT2D eigenvalue weighted by Crippen LogP contribution is 2.13. The van der Waals surface area contributed by atoms with Gasteiger partial charge in [0.25, 0.3) is 0 Å². The summed E-state index contributed by atoms with van der Waals surface area (Å²) in [6.07, 6.45) is 4.01. The molecule has 0 spiro atoms. The van der Waals surface area contributed by atoms with Crippen LogP contribution in [0.2, 0.25) is 0 Å². The molecule has 0 aliphatic rings. The predicted octanol–water partition coefficient (Wildman–Crippen LogP) is 3.79. The van der Waals surface area contributed by atoms with Crippen LogP contribution in [-0.2, 0) is 11.7 Å². The maximum Gasteiger partial charge on any atom is 0.108 e. The second-order valence-electron chi connectivity index (χ2n) is 3.59. The van der Waals surface area contributed by atoms with Crippen LogP contribution < -0.4 is 0 Å². The Morgan fingerprint density at radius 1 is 0.812 bits per heavy atom. The molecule has 0 atom stereocenters. The SMILES string of the molecule is [O]Cc1ccccc1/C=C/c1ccccc1. The molecule has 0 bridgehead atoms. The molecule has 0 aromatic heterocycles. The number of hydrogen-bond donors (Lipinski definition) is 0. The second kappa shape index (κ2) is 5.29. The molecule has 0 saturated carbocycles. The maximum atomic E-state index is 10.9. The molecule has 0 aliphatic carbocycles. The zero-order chi connectivity index (χ0) is 11.2. The molecule has 2 aromatic carbocycles. The van der Waals surface area contributed by atoms with Gasteiger partial charge in [0.1, 0.15) is 6.61 Å². The third-order valence-corrected chi connectivity index (χ3v) is 2.47. The van der Waals surface area contributed by atoms with Gasteiger partial charge >= 0.3 is 0 Å². The van der Waals surface area contributed by atoms with Gasteiger partial charge in [-0.05, 0) is 16.7 Å². The fraction of sp³-hybridized carbons (Fsp3) is 0.0667. The average Bonchev–Trinajstić information content (AvgIpc) is 2.38. The lowest BCUT2D eigenvalue weighted by atomic mass is 10.1. The van der Waals surface area contributed by atoms with Crippen molar-refractivity contribution in [1.29, 1.82) is 0 Å². The molecule has 1 nitrogen and oxygen atoms in total. The Balaban J connectivity index is 2.24. The van der Waals surface area contributed by atoms with Crippen LogP contribution in [0.4, 0.5) is 0 Å². The number of benzene rings is 2. The Morgan fingerprint density at radius 2 is 1.50 bits per heavy atom. The van der Waals surface area contributed by atoms with Gasteiger partial charge in [0.2, 0.25) is 0 Å². The number of rotatable bonds is 3. The van der Waals surface area contributed by atoms with Crippen LogP contribution in [0, 0.1) is 0 Å². The summed E-state index contributed by atoms with van der Waals surface area (Å²) < 4.78 is 0. The maximum absolute atomic E-state index is 10.9. The third-order valence-electron chi connectivity index (χ3n) is 2.47. The highest BCUT2D eigenvalue weighted by molar-refractivity contribution is 5.70. The molecule has 0 saturated heterocycles. The first-order valence-electron chi connectivity index (χ1n) is 5.29. The Morgan fingerprint density at radius 3 is 2.25 bits per heavy atom. The fourth-order valence-corrected chi connectivity index (χ4v) is 1.58. The van der Waals surface area contributed by atoms with Crippen LogP contribution in [0.15, 0.2) is 54.6 Å². The van der Waals surface area contributed by atoms with Gasteiger partial charge in [-0.25, -0.2) is 5.11 Å². The molecule has 1 radical (unpaired) electrons. The van der Waals surface area contributed by atoms with E-state index >= 15 is 0 Å². The molecule has 0 N–H and O–H groups in total. The normalized spacial score (nSPS) is 10.8. The summed E-state index contributed by atoms with van der Waals surface area (Å²) in [5.74, 6) is 0. The molecule has 0 heterocycles. The van der Waals surface area contributed by atoms with Crippen LogP contribution in [-0.4, -0.2) is 0 Å². The van der Waals surface area contributed by atoms with E-state index < -0.39 is 0 Å². The Labute approximate surface area is 95.7 Å². The molecule has 16 heavy (non-hydrogen) atoms. The lowest BCUT2D eigenvalue weighted by Gasteiger charge is -2.00. The predicted molar refractivity (Wildman–Crippen MR) is 66.2 cm³/mol. The van der Waals surface area contributed by atoms with Crippen molar-refractivity contribution in [3.63, 3.8) is 0 Å². The standard InChI is InChI=1S/C15H13O/c16-12-15-9-5-4-8-14(15)11-10-13-6-2-1-3-7-13/h1-11H,12H2/b11-10+. The van der Waals surface area contributed by atoms with Crippen molar-refractivity contribution >= 4 is 12.2 Å². The van der Waals surface area contributed by atoms with Crippen LogP contribution in [0.1, 0.15) is 16.7 Å². The van der Waals surface area contributed by atoms with Gasteiger partial charge in [0.15, 0.2) is 0 Å². The van der Waals surface area contributed by atoms with Crippen LogP contribution in [0.5, 0.6) is 0 Å². The zero-order valence-electron chi connectivity index (χ0n) is 8.97. The summed E-state index contributed by atoms with van der Waals surface area (Å²) in [6.45, 7) is -0.171. The Bertz CT molecular complexity index is 472. The van der Waals surface area contributed by atoms with E-state index in [-0.39, 0.29) is 6.61 Å². The van der Waals surface area contributed by atoms with Gasteiger partial charge in [-0.3, -0.25) is 0 Å². The third kappa shape index (κ3) is 2.59. The molecular weight excluding hydrogens is 196 g/mol. The van der Waals surface area contributed by atoms with E-state index in [1.54, 1.807) is 0 Å². The van der Waals surface area contributed by atoms with Crippen molar-refractivity contribution in [2.45, 2.75) is 6.61 Å². The minimum absolute atomic E-state index is 0.171. The van der Waals surface area contributed by atoms with Crippen molar-refractivity contribution in [1.82, 2.24) is 0 Å². The van der Waals surface area contributed by atoms with Gasteiger partial charge < -0.3 is 0 Å². The monoisotopic (exact) mass is 209 g/mol. The van der Waals surface area contributed by atoms with Crippen molar-refractivity contribution < 1.29 is 5.11 Å². The summed E-state index contributed by atoms with van der Waals surface area (Å²) in [4.78, 5) is 0. The van der Waals surface area contributed by atoms with Gasteiger partial charge in [-0.2, -0.15) is 0 Å². The smallest absolute Gasteiger partial charge is 0.108 e. The Hall–Kier alpha value is -1.86. The van der Waals surface area contributed by atoms with Gasteiger partial charge in [-0.15, -0.1) is 0 Å². The summed E-state index contributed by atoms with van der Waals surface area (Å²) in [7, 11) is 0.